The first-order chi connectivity index (χ1) is 17.4. The van der Waals surface area contributed by atoms with Crippen LogP contribution in [0.5, 0.6) is 0 Å². The Labute approximate surface area is 216 Å². The molecule has 0 saturated heterocycles. The molecule has 1 heterocycles. The predicted molar refractivity (Wildman–Crippen MR) is 143 cm³/mol. The van der Waals surface area contributed by atoms with Gasteiger partial charge in [-0.25, -0.2) is 5.48 Å². The van der Waals surface area contributed by atoms with Crippen molar-refractivity contribution in [2.45, 2.75) is 71.2 Å². The van der Waals surface area contributed by atoms with Gasteiger partial charge in [0.15, 0.2) is 0 Å². The molecule has 0 radical (unpaired) electrons. The molecule has 7 nitrogen and oxygen atoms in total. The maximum Gasteiger partial charge on any atom is 0.323 e. The normalized spacial score (nSPS) is 14.8. The summed E-state index contributed by atoms with van der Waals surface area (Å²) < 4.78 is 6.77. The van der Waals surface area contributed by atoms with Crippen LogP contribution in [0.25, 0.3) is 10.1 Å². The Hall–Kier alpha value is -2.94. The molecule has 0 bridgehead atoms. The molecule has 4 rings (SSSR count). The molecule has 1 aromatic heterocycles. The van der Waals surface area contributed by atoms with Crippen molar-refractivity contribution in [2.24, 2.45) is 5.92 Å². The fraction of sp³-hybridized carbons (Fsp3) is 0.429. The Morgan fingerprint density at radius 1 is 1.06 bits per heavy atom. The summed E-state index contributed by atoms with van der Waals surface area (Å²) in [4.78, 5) is 25.0. The summed E-state index contributed by atoms with van der Waals surface area (Å²) in [5, 5.41) is 16.7. The van der Waals surface area contributed by atoms with Crippen LogP contribution in [0.15, 0.2) is 48.5 Å². The summed E-state index contributed by atoms with van der Waals surface area (Å²) in [6.07, 6.45) is 5.06. The minimum absolute atomic E-state index is 0.0771. The van der Waals surface area contributed by atoms with Crippen LogP contribution in [-0.4, -0.2) is 29.2 Å². The van der Waals surface area contributed by atoms with Crippen molar-refractivity contribution in [3.63, 3.8) is 0 Å². The number of carbonyl (C=O) groups is 2. The molecule has 1 unspecified atom stereocenters. The molecule has 2 aromatic carbocycles. The molecule has 1 atom stereocenters. The number of hydroxylamine groups is 1. The van der Waals surface area contributed by atoms with Gasteiger partial charge >= 0.3 is 5.97 Å². The zero-order valence-electron chi connectivity index (χ0n) is 20.9. The first-order valence-corrected chi connectivity index (χ1v) is 13.5. The van der Waals surface area contributed by atoms with Crippen LogP contribution in [-0.2, 0) is 22.6 Å². The lowest BCUT2D eigenvalue weighted by Gasteiger charge is -2.22. The maximum atomic E-state index is 12.8. The van der Waals surface area contributed by atoms with E-state index in [1.807, 2.05) is 24.3 Å². The molecule has 0 spiro atoms. The van der Waals surface area contributed by atoms with E-state index >= 15 is 0 Å². The van der Waals surface area contributed by atoms with Gasteiger partial charge in [-0.15, -0.1) is 11.3 Å². The third kappa shape index (κ3) is 7.06. The van der Waals surface area contributed by atoms with E-state index < -0.39 is 5.91 Å². The summed E-state index contributed by atoms with van der Waals surface area (Å²) in [7, 11) is 0. The monoisotopic (exact) mass is 509 g/mol. The third-order valence-electron chi connectivity index (χ3n) is 6.46. The van der Waals surface area contributed by atoms with Gasteiger partial charge in [-0.3, -0.25) is 14.8 Å². The van der Waals surface area contributed by atoms with E-state index in [9.17, 15) is 9.59 Å². The van der Waals surface area contributed by atoms with Gasteiger partial charge in [0.25, 0.3) is 5.91 Å². The van der Waals surface area contributed by atoms with E-state index in [1.165, 1.54) is 11.3 Å². The van der Waals surface area contributed by atoms with Crippen molar-refractivity contribution in [1.82, 2.24) is 10.8 Å². The van der Waals surface area contributed by atoms with Crippen molar-refractivity contribution in [3.8, 4) is 0 Å². The van der Waals surface area contributed by atoms with Gasteiger partial charge in [0, 0.05) is 23.5 Å². The van der Waals surface area contributed by atoms with E-state index in [-0.39, 0.29) is 18.1 Å². The first-order valence-electron chi connectivity index (χ1n) is 12.6. The third-order valence-corrected chi connectivity index (χ3v) is 7.56. The molecule has 36 heavy (non-hydrogen) atoms. The average molecular weight is 510 g/mol. The number of amides is 1. The minimum atomic E-state index is -0.497. The van der Waals surface area contributed by atoms with Crippen molar-refractivity contribution < 1.29 is 19.5 Å². The maximum absolute atomic E-state index is 12.8. The number of fused-ring (bicyclic) bond motifs is 1. The summed E-state index contributed by atoms with van der Waals surface area (Å²) in [5.74, 6) is -0.237. The Morgan fingerprint density at radius 3 is 2.58 bits per heavy atom. The van der Waals surface area contributed by atoms with E-state index in [0.717, 1.165) is 59.0 Å². The Morgan fingerprint density at radius 2 is 1.83 bits per heavy atom. The van der Waals surface area contributed by atoms with E-state index in [2.05, 4.69) is 42.7 Å². The van der Waals surface area contributed by atoms with Crippen molar-refractivity contribution in [3.05, 3.63) is 64.5 Å². The summed E-state index contributed by atoms with van der Waals surface area (Å²) >= 11 is 1.35. The number of ether oxygens (including phenoxy) is 1. The van der Waals surface area contributed by atoms with Gasteiger partial charge in [0.05, 0.1) is 4.88 Å². The number of carbonyl (C=O) groups excluding carboxylic acids is 2. The second kappa shape index (κ2) is 12.3. The molecule has 4 N–H and O–H groups in total. The van der Waals surface area contributed by atoms with E-state index in [1.54, 1.807) is 11.5 Å². The molecule has 8 heteroatoms. The fourth-order valence-corrected chi connectivity index (χ4v) is 5.59. The number of rotatable bonds is 11. The Balaban J connectivity index is 1.34. The summed E-state index contributed by atoms with van der Waals surface area (Å²) in [6, 6.07) is 15.7. The lowest BCUT2D eigenvalue weighted by Crippen LogP contribution is -2.40. The number of thiophene rings is 1. The van der Waals surface area contributed by atoms with E-state index in [0.29, 0.717) is 23.9 Å². The number of hydrogen-bond acceptors (Lipinski definition) is 7. The fourth-order valence-electron chi connectivity index (χ4n) is 4.58. The minimum Gasteiger partial charge on any atom is -0.461 e. The van der Waals surface area contributed by atoms with Crippen LogP contribution < -0.4 is 16.1 Å². The lowest BCUT2D eigenvalue weighted by atomic mass is 10.0. The molecule has 3 aromatic rings. The van der Waals surface area contributed by atoms with E-state index in [4.69, 9.17) is 9.94 Å². The van der Waals surface area contributed by atoms with Gasteiger partial charge in [-0.2, -0.15) is 0 Å². The average Bonchev–Trinajstić information content (AvgIpc) is 3.54. The molecule has 1 aliphatic carbocycles. The molecule has 1 saturated carbocycles. The number of esters is 1. The standard InChI is InChI=1S/C28H35N3O4S/c1-18(2)12-24(28(33)35-23-8-3-4-9-23)30-17-19-6-5-7-22(13-19)29-16-20-10-11-21-15-26(27(32)31-34)36-25(21)14-20/h5-7,10-11,13-15,18,23-24,29-30,34H,3-4,8-9,12,16-17H2,1-2H3,(H,31,32). The highest BCUT2D eigenvalue weighted by atomic mass is 32.1. The van der Waals surface area contributed by atoms with Crippen LogP contribution in [0.2, 0.25) is 0 Å². The lowest BCUT2D eigenvalue weighted by molar-refractivity contribution is -0.151. The molecule has 1 amide bonds. The largest absolute Gasteiger partial charge is 0.461 e. The molecule has 1 fully saturated rings. The Kier molecular flexibility index (Phi) is 8.96. The number of nitrogens with one attached hydrogen (secondary N) is 3. The molecular weight excluding hydrogens is 474 g/mol. The zero-order chi connectivity index (χ0) is 25.5. The van der Waals surface area contributed by atoms with Crippen molar-refractivity contribution >= 4 is 39.0 Å². The van der Waals surface area contributed by atoms with Gasteiger partial charge in [-0.1, -0.05) is 38.1 Å². The highest BCUT2D eigenvalue weighted by Gasteiger charge is 2.26. The zero-order valence-corrected chi connectivity index (χ0v) is 21.7. The second-order valence-electron chi connectivity index (χ2n) is 9.88. The van der Waals surface area contributed by atoms with Gasteiger partial charge < -0.3 is 15.4 Å². The van der Waals surface area contributed by atoms with Crippen LogP contribution in [0.3, 0.4) is 0 Å². The van der Waals surface area contributed by atoms with Crippen LogP contribution >= 0.6 is 11.3 Å². The quantitative estimate of drug-likeness (QED) is 0.152. The second-order valence-corrected chi connectivity index (χ2v) is 11.0. The number of hydrogen-bond donors (Lipinski definition) is 4. The SMILES string of the molecule is CC(C)CC(NCc1cccc(NCc2ccc3cc(C(=O)NO)sc3c2)c1)C(=O)OC1CCCC1. The van der Waals surface area contributed by atoms with Gasteiger partial charge in [0.1, 0.15) is 12.1 Å². The van der Waals surface area contributed by atoms with Crippen molar-refractivity contribution in [2.75, 3.05) is 5.32 Å². The van der Waals surface area contributed by atoms with Crippen LogP contribution in [0.4, 0.5) is 5.69 Å². The van der Waals surface area contributed by atoms with Gasteiger partial charge in [0.2, 0.25) is 0 Å². The molecular formula is C28H35N3O4S. The molecule has 192 valence electrons. The highest BCUT2D eigenvalue weighted by Crippen LogP contribution is 2.27. The van der Waals surface area contributed by atoms with Crippen LogP contribution in [0.1, 0.15) is 66.8 Å². The number of benzene rings is 2. The first kappa shape index (κ1) is 26.1. The molecule has 1 aliphatic rings. The van der Waals surface area contributed by atoms with Crippen molar-refractivity contribution in [1.29, 1.82) is 0 Å². The predicted octanol–water partition coefficient (Wildman–Crippen LogP) is 5.62. The topological polar surface area (TPSA) is 99.7 Å². The summed E-state index contributed by atoms with van der Waals surface area (Å²) in [5.41, 5.74) is 4.87. The smallest absolute Gasteiger partial charge is 0.323 e. The summed E-state index contributed by atoms with van der Waals surface area (Å²) in [6.45, 7) is 5.47. The Bertz CT molecular complexity index is 1190. The molecule has 0 aliphatic heterocycles. The van der Waals surface area contributed by atoms with Crippen LogP contribution in [0, 0.1) is 5.92 Å². The van der Waals surface area contributed by atoms with Gasteiger partial charge in [-0.05, 0) is 78.8 Å². The number of anilines is 1. The highest BCUT2D eigenvalue weighted by molar-refractivity contribution is 7.20.